The number of carbonyl (C=O) groups excluding carboxylic acids is 1. The minimum Gasteiger partial charge on any atom is -0.295 e. The monoisotopic (exact) mass is 311 g/mol. The van der Waals surface area contributed by atoms with Gasteiger partial charge in [-0.2, -0.15) is 10.2 Å². The van der Waals surface area contributed by atoms with E-state index in [0.29, 0.717) is 13.1 Å². The Morgan fingerprint density at radius 2 is 1.48 bits per heavy atom. The molecule has 0 aliphatic carbocycles. The summed E-state index contributed by atoms with van der Waals surface area (Å²) < 4.78 is 3.48. The number of aryl methyl sites for hydroxylation is 2. The molecule has 3 rings (SSSR count). The van der Waals surface area contributed by atoms with Crippen LogP contribution in [-0.2, 0) is 18.9 Å². The lowest BCUT2D eigenvalue weighted by molar-refractivity contribution is -0.113. The van der Waals surface area contributed by atoms with Gasteiger partial charge in [0.25, 0.3) is 0 Å². The maximum absolute atomic E-state index is 12.8. The third-order valence-corrected chi connectivity index (χ3v) is 3.95. The molecule has 0 spiro atoms. The van der Waals surface area contributed by atoms with E-state index in [4.69, 9.17) is 0 Å². The first-order valence-electron chi connectivity index (χ1n) is 7.70. The number of ketones is 1. The predicted molar refractivity (Wildman–Crippen MR) is 89.5 cm³/mol. The Labute approximate surface area is 135 Å². The first-order valence-corrected chi connectivity index (χ1v) is 7.70. The maximum Gasteiger partial charge on any atom is 0.187 e. The molecular weight excluding hydrogens is 290 g/mol. The summed E-state index contributed by atoms with van der Waals surface area (Å²) in [5.74, 6) is 0.113. The standard InChI is InChI=1S/C17H21N5O/c1-4-22-11-15(5-13-7-18-20(2)9-13)17(23)16(12-22)6-14-8-19-21(3)10-14/h5-10H,4,11-12H2,1-3H3/b15-5-,16-6-. The number of nitrogens with zero attached hydrogens (tertiary/aromatic N) is 5. The predicted octanol–water partition coefficient (Wildman–Crippen LogP) is 1.53. The van der Waals surface area contributed by atoms with Crippen molar-refractivity contribution in [3.63, 3.8) is 0 Å². The Kier molecular flexibility index (Phi) is 4.25. The van der Waals surface area contributed by atoms with Gasteiger partial charge in [0.05, 0.1) is 12.4 Å². The quantitative estimate of drug-likeness (QED) is 0.807. The van der Waals surface area contributed by atoms with Crippen LogP contribution in [0.5, 0.6) is 0 Å². The van der Waals surface area contributed by atoms with E-state index in [0.717, 1.165) is 28.8 Å². The van der Waals surface area contributed by atoms with Crippen molar-refractivity contribution in [1.29, 1.82) is 0 Å². The largest absolute Gasteiger partial charge is 0.295 e. The van der Waals surface area contributed by atoms with E-state index in [1.807, 2.05) is 38.6 Å². The fraction of sp³-hybridized carbons (Fsp3) is 0.353. The summed E-state index contributed by atoms with van der Waals surface area (Å²) in [6.45, 7) is 4.37. The van der Waals surface area contributed by atoms with Gasteiger partial charge in [0.15, 0.2) is 5.78 Å². The van der Waals surface area contributed by atoms with Gasteiger partial charge in [0.1, 0.15) is 0 Å². The van der Waals surface area contributed by atoms with Gasteiger partial charge >= 0.3 is 0 Å². The van der Waals surface area contributed by atoms with Gasteiger partial charge in [0.2, 0.25) is 0 Å². The molecule has 1 saturated heterocycles. The second-order valence-electron chi connectivity index (χ2n) is 5.87. The summed E-state index contributed by atoms with van der Waals surface area (Å²) in [5, 5.41) is 8.31. The molecule has 0 amide bonds. The van der Waals surface area contributed by atoms with Crippen molar-refractivity contribution in [3.8, 4) is 0 Å². The highest BCUT2D eigenvalue weighted by Crippen LogP contribution is 2.21. The van der Waals surface area contributed by atoms with Gasteiger partial charge < -0.3 is 0 Å². The van der Waals surface area contributed by atoms with Crippen molar-refractivity contribution >= 4 is 17.9 Å². The Morgan fingerprint density at radius 1 is 1.00 bits per heavy atom. The lowest BCUT2D eigenvalue weighted by Crippen LogP contribution is -2.37. The number of piperidine rings is 1. The van der Waals surface area contributed by atoms with Crippen LogP contribution >= 0.6 is 0 Å². The summed E-state index contributed by atoms with van der Waals surface area (Å²) >= 11 is 0. The van der Waals surface area contributed by atoms with Crippen LogP contribution in [0.1, 0.15) is 18.1 Å². The Morgan fingerprint density at radius 3 is 1.83 bits per heavy atom. The molecule has 1 aliphatic heterocycles. The van der Waals surface area contributed by atoms with E-state index < -0.39 is 0 Å². The fourth-order valence-electron chi connectivity index (χ4n) is 2.77. The third-order valence-electron chi connectivity index (χ3n) is 3.95. The minimum atomic E-state index is 0.113. The molecule has 2 aromatic rings. The molecule has 2 aromatic heterocycles. The van der Waals surface area contributed by atoms with Crippen molar-refractivity contribution in [2.75, 3.05) is 19.6 Å². The molecule has 3 heterocycles. The number of rotatable bonds is 3. The molecule has 23 heavy (non-hydrogen) atoms. The highest BCUT2D eigenvalue weighted by molar-refractivity contribution is 6.14. The maximum atomic E-state index is 12.8. The number of hydrogen-bond acceptors (Lipinski definition) is 4. The first kappa shape index (κ1) is 15.4. The molecule has 1 aliphatic rings. The number of aromatic nitrogens is 4. The molecule has 0 radical (unpaired) electrons. The molecule has 6 heteroatoms. The first-order chi connectivity index (χ1) is 11.0. The summed E-state index contributed by atoms with van der Waals surface area (Å²) in [6, 6.07) is 0. The average molecular weight is 311 g/mol. The van der Waals surface area contributed by atoms with E-state index in [2.05, 4.69) is 22.0 Å². The Bertz CT molecular complexity index is 718. The highest BCUT2D eigenvalue weighted by Gasteiger charge is 2.25. The van der Waals surface area contributed by atoms with Crippen molar-refractivity contribution in [3.05, 3.63) is 47.1 Å². The molecule has 0 atom stereocenters. The molecular formula is C17H21N5O. The molecule has 1 fully saturated rings. The normalized spacial score (nSPS) is 19.9. The minimum absolute atomic E-state index is 0.113. The zero-order valence-electron chi connectivity index (χ0n) is 13.7. The lowest BCUT2D eigenvalue weighted by Gasteiger charge is -2.28. The van der Waals surface area contributed by atoms with Gasteiger partial charge in [-0.05, 0) is 18.7 Å². The van der Waals surface area contributed by atoms with Crippen molar-refractivity contribution in [2.24, 2.45) is 14.1 Å². The van der Waals surface area contributed by atoms with E-state index in [1.165, 1.54) is 0 Å². The summed E-state index contributed by atoms with van der Waals surface area (Å²) in [4.78, 5) is 15.0. The molecule has 6 nitrogen and oxygen atoms in total. The SMILES string of the molecule is CCN1C/C(=C/c2cnn(C)c2)C(=O)/C(=C\c2cnn(C)c2)C1. The number of likely N-dealkylation sites (tertiary alicyclic amines) is 1. The lowest BCUT2D eigenvalue weighted by atomic mass is 9.95. The van der Waals surface area contributed by atoms with Gasteiger partial charge in [-0.1, -0.05) is 6.92 Å². The number of hydrogen-bond donors (Lipinski definition) is 0. The van der Waals surface area contributed by atoms with Crippen LogP contribution in [0.3, 0.4) is 0 Å². The Balaban J connectivity index is 1.93. The zero-order valence-corrected chi connectivity index (χ0v) is 13.7. The average Bonchev–Trinajstić information content (AvgIpc) is 3.11. The number of carbonyl (C=O) groups is 1. The summed E-state index contributed by atoms with van der Waals surface area (Å²) in [6.07, 6.45) is 11.2. The highest BCUT2D eigenvalue weighted by atomic mass is 16.1. The van der Waals surface area contributed by atoms with E-state index in [9.17, 15) is 4.79 Å². The van der Waals surface area contributed by atoms with E-state index in [-0.39, 0.29) is 5.78 Å². The van der Waals surface area contributed by atoms with Crippen LogP contribution in [0.4, 0.5) is 0 Å². The van der Waals surface area contributed by atoms with Crippen molar-refractivity contribution in [2.45, 2.75) is 6.92 Å². The second kappa shape index (κ2) is 6.34. The van der Waals surface area contributed by atoms with Crippen LogP contribution in [0.2, 0.25) is 0 Å². The number of Topliss-reactive ketones (excluding diaryl/α,β-unsaturated/α-hetero) is 1. The van der Waals surface area contributed by atoms with Gasteiger partial charge in [-0.3, -0.25) is 19.1 Å². The summed E-state index contributed by atoms with van der Waals surface area (Å²) in [7, 11) is 3.74. The summed E-state index contributed by atoms with van der Waals surface area (Å²) in [5.41, 5.74) is 3.52. The molecule has 0 unspecified atom stereocenters. The van der Waals surface area contributed by atoms with Crippen molar-refractivity contribution in [1.82, 2.24) is 24.5 Å². The van der Waals surface area contributed by atoms with Crippen LogP contribution in [-0.4, -0.2) is 49.9 Å². The zero-order chi connectivity index (χ0) is 16.4. The van der Waals surface area contributed by atoms with Crippen LogP contribution in [0.25, 0.3) is 12.2 Å². The smallest absolute Gasteiger partial charge is 0.187 e. The third kappa shape index (κ3) is 3.48. The Hall–Kier alpha value is -2.47. The van der Waals surface area contributed by atoms with Crippen molar-refractivity contribution < 1.29 is 4.79 Å². The fourth-order valence-corrected chi connectivity index (χ4v) is 2.77. The molecule has 0 saturated carbocycles. The molecule has 0 aromatic carbocycles. The number of likely N-dealkylation sites (N-methyl/N-ethyl adjacent to an activating group) is 1. The molecule has 0 N–H and O–H groups in total. The molecule has 120 valence electrons. The van der Waals surface area contributed by atoms with Crippen LogP contribution in [0, 0.1) is 0 Å². The van der Waals surface area contributed by atoms with Crippen LogP contribution < -0.4 is 0 Å². The van der Waals surface area contributed by atoms with E-state index >= 15 is 0 Å². The van der Waals surface area contributed by atoms with Gasteiger partial charge in [-0.25, -0.2) is 0 Å². The van der Waals surface area contributed by atoms with Gasteiger partial charge in [-0.15, -0.1) is 0 Å². The topological polar surface area (TPSA) is 56.0 Å². The van der Waals surface area contributed by atoms with Gasteiger partial charge in [0, 0.05) is 61.9 Å². The molecule has 0 bridgehead atoms. The van der Waals surface area contributed by atoms with E-state index in [1.54, 1.807) is 21.8 Å². The second-order valence-corrected chi connectivity index (χ2v) is 5.87. The van der Waals surface area contributed by atoms with Crippen LogP contribution in [0.15, 0.2) is 35.9 Å².